The summed E-state index contributed by atoms with van der Waals surface area (Å²) in [5, 5.41) is 2.99. The van der Waals surface area contributed by atoms with Crippen molar-refractivity contribution in [3.63, 3.8) is 0 Å². The second kappa shape index (κ2) is 8.78. The number of urea groups is 1. The second-order valence-corrected chi connectivity index (χ2v) is 6.19. The Morgan fingerprint density at radius 3 is 2.50 bits per heavy atom. The molecule has 1 heterocycles. The molecule has 0 aromatic heterocycles. The number of ether oxygens (including phenoxy) is 3. The smallest absolute Gasteiger partial charge is 0.317 e. The van der Waals surface area contributed by atoms with Crippen molar-refractivity contribution in [3.05, 3.63) is 23.8 Å². The van der Waals surface area contributed by atoms with Crippen molar-refractivity contribution < 1.29 is 19.0 Å². The summed E-state index contributed by atoms with van der Waals surface area (Å²) in [6.07, 6.45) is 1.92. The van der Waals surface area contributed by atoms with Gasteiger partial charge in [0.15, 0.2) is 11.5 Å². The number of nitrogens with one attached hydrogen (secondary N) is 1. The van der Waals surface area contributed by atoms with Gasteiger partial charge in [-0.05, 0) is 44.4 Å². The van der Waals surface area contributed by atoms with E-state index in [4.69, 9.17) is 14.2 Å². The number of carbonyl (C=O) groups excluding carboxylic acids is 1. The summed E-state index contributed by atoms with van der Waals surface area (Å²) in [7, 11) is 3.26. The molecule has 24 heavy (non-hydrogen) atoms. The lowest BCUT2D eigenvalue weighted by Crippen LogP contribution is -2.51. The minimum Gasteiger partial charge on any atom is -0.493 e. The molecule has 1 fully saturated rings. The average molecular weight is 336 g/mol. The molecule has 1 aliphatic rings. The molecule has 0 saturated carbocycles. The summed E-state index contributed by atoms with van der Waals surface area (Å²) in [5.74, 6) is 1.46. The van der Waals surface area contributed by atoms with E-state index in [2.05, 4.69) is 5.32 Å². The second-order valence-electron chi connectivity index (χ2n) is 6.19. The molecule has 2 atom stereocenters. The third-order valence-corrected chi connectivity index (χ3v) is 4.07. The van der Waals surface area contributed by atoms with E-state index in [-0.39, 0.29) is 18.2 Å². The summed E-state index contributed by atoms with van der Waals surface area (Å²) < 4.78 is 16.2. The third kappa shape index (κ3) is 5.03. The van der Waals surface area contributed by atoms with Crippen LogP contribution in [0.2, 0.25) is 0 Å². The largest absolute Gasteiger partial charge is 0.493 e. The molecule has 2 unspecified atom stereocenters. The molecule has 1 aliphatic heterocycles. The number of benzene rings is 1. The van der Waals surface area contributed by atoms with Gasteiger partial charge in [-0.25, -0.2) is 4.79 Å². The first kappa shape index (κ1) is 18.4. The van der Waals surface area contributed by atoms with Gasteiger partial charge in [-0.3, -0.25) is 0 Å². The maximum atomic E-state index is 12.2. The zero-order chi connectivity index (χ0) is 17.5. The molecule has 134 valence electrons. The predicted octanol–water partition coefficient (Wildman–Crippen LogP) is 2.46. The molecule has 1 aromatic carbocycles. The SMILES string of the molecule is COc1ccc(CCCNC(=O)N2CC(C)OC(C)C2)cc1OC. The topological polar surface area (TPSA) is 60.0 Å². The molecule has 0 aliphatic carbocycles. The first-order chi connectivity index (χ1) is 11.5. The lowest BCUT2D eigenvalue weighted by molar-refractivity contribution is -0.0545. The van der Waals surface area contributed by atoms with Gasteiger partial charge in [0.2, 0.25) is 0 Å². The van der Waals surface area contributed by atoms with Crippen LogP contribution in [0.4, 0.5) is 4.79 Å². The summed E-state index contributed by atoms with van der Waals surface area (Å²) in [6, 6.07) is 5.90. The van der Waals surface area contributed by atoms with Crippen LogP contribution in [0.3, 0.4) is 0 Å². The Morgan fingerprint density at radius 2 is 1.88 bits per heavy atom. The minimum absolute atomic E-state index is 0.00990. The molecule has 2 rings (SSSR count). The Bertz CT molecular complexity index is 540. The monoisotopic (exact) mass is 336 g/mol. The van der Waals surface area contributed by atoms with Crippen LogP contribution in [-0.2, 0) is 11.2 Å². The molecule has 2 amide bonds. The van der Waals surface area contributed by atoms with Crippen LogP contribution in [0.25, 0.3) is 0 Å². The number of nitrogens with zero attached hydrogens (tertiary/aromatic N) is 1. The van der Waals surface area contributed by atoms with Crippen molar-refractivity contribution >= 4 is 6.03 Å². The zero-order valence-corrected chi connectivity index (χ0v) is 15.0. The van der Waals surface area contributed by atoms with Crippen LogP contribution in [-0.4, -0.2) is 57.0 Å². The maximum Gasteiger partial charge on any atom is 0.317 e. The first-order valence-corrected chi connectivity index (χ1v) is 8.42. The maximum absolute atomic E-state index is 12.2. The van der Waals surface area contributed by atoms with Gasteiger partial charge in [-0.1, -0.05) is 6.07 Å². The number of amides is 2. The highest BCUT2D eigenvalue weighted by Gasteiger charge is 2.25. The van der Waals surface area contributed by atoms with Gasteiger partial charge in [-0.2, -0.15) is 0 Å². The van der Waals surface area contributed by atoms with E-state index in [0.717, 1.165) is 29.9 Å². The number of aryl methyl sites for hydroxylation is 1. The number of methoxy groups -OCH3 is 2. The van der Waals surface area contributed by atoms with Crippen molar-refractivity contribution in [2.24, 2.45) is 0 Å². The van der Waals surface area contributed by atoms with Crippen molar-refractivity contribution in [1.82, 2.24) is 10.2 Å². The van der Waals surface area contributed by atoms with E-state index in [1.165, 1.54) is 0 Å². The molecule has 6 heteroatoms. The van der Waals surface area contributed by atoms with Gasteiger partial charge in [0.05, 0.1) is 26.4 Å². The van der Waals surface area contributed by atoms with Crippen molar-refractivity contribution in [1.29, 1.82) is 0 Å². The number of hydrogen-bond donors (Lipinski definition) is 1. The Balaban J connectivity index is 1.75. The Labute approximate surface area is 144 Å². The van der Waals surface area contributed by atoms with Gasteiger partial charge in [0.25, 0.3) is 0 Å². The number of carbonyl (C=O) groups is 1. The van der Waals surface area contributed by atoms with Gasteiger partial charge in [-0.15, -0.1) is 0 Å². The highest BCUT2D eigenvalue weighted by Crippen LogP contribution is 2.27. The summed E-state index contributed by atoms with van der Waals surface area (Å²) in [5.41, 5.74) is 1.16. The molecule has 1 aromatic rings. The third-order valence-electron chi connectivity index (χ3n) is 4.07. The quantitative estimate of drug-likeness (QED) is 0.811. The number of morpholine rings is 1. The van der Waals surface area contributed by atoms with Crippen molar-refractivity contribution in [2.45, 2.75) is 38.9 Å². The van der Waals surface area contributed by atoms with Crippen LogP contribution >= 0.6 is 0 Å². The molecular formula is C18H28N2O4. The fourth-order valence-electron chi connectivity index (χ4n) is 2.98. The minimum atomic E-state index is -0.00990. The average Bonchev–Trinajstić information content (AvgIpc) is 2.57. The lowest BCUT2D eigenvalue weighted by Gasteiger charge is -2.35. The standard InChI is InChI=1S/C18H28N2O4/c1-13-11-20(12-14(2)24-13)18(21)19-9-5-6-15-7-8-16(22-3)17(10-15)23-4/h7-8,10,13-14H,5-6,9,11-12H2,1-4H3,(H,19,21). The number of hydrogen-bond acceptors (Lipinski definition) is 4. The normalized spacial score (nSPS) is 20.6. The molecule has 0 spiro atoms. The van der Waals surface area contributed by atoms with Gasteiger partial charge >= 0.3 is 6.03 Å². The Morgan fingerprint density at radius 1 is 1.21 bits per heavy atom. The molecule has 0 bridgehead atoms. The highest BCUT2D eigenvalue weighted by molar-refractivity contribution is 5.74. The molecule has 0 radical (unpaired) electrons. The van der Waals surface area contributed by atoms with Crippen LogP contribution in [0.15, 0.2) is 18.2 Å². The van der Waals surface area contributed by atoms with E-state index in [0.29, 0.717) is 19.6 Å². The van der Waals surface area contributed by atoms with Crippen LogP contribution < -0.4 is 14.8 Å². The van der Waals surface area contributed by atoms with Gasteiger partial charge in [0, 0.05) is 19.6 Å². The van der Waals surface area contributed by atoms with Gasteiger partial charge < -0.3 is 24.4 Å². The summed E-state index contributed by atoms with van der Waals surface area (Å²) in [6.45, 7) is 5.92. The zero-order valence-electron chi connectivity index (χ0n) is 15.0. The molecule has 6 nitrogen and oxygen atoms in total. The Hall–Kier alpha value is -1.95. The fraction of sp³-hybridized carbons (Fsp3) is 0.611. The fourth-order valence-corrected chi connectivity index (χ4v) is 2.98. The van der Waals surface area contributed by atoms with Gasteiger partial charge in [0.1, 0.15) is 0 Å². The number of rotatable bonds is 6. The highest BCUT2D eigenvalue weighted by atomic mass is 16.5. The summed E-state index contributed by atoms with van der Waals surface area (Å²) >= 11 is 0. The predicted molar refractivity (Wildman–Crippen MR) is 92.8 cm³/mol. The summed E-state index contributed by atoms with van der Waals surface area (Å²) in [4.78, 5) is 14.0. The molecule has 1 saturated heterocycles. The van der Waals surface area contributed by atoms with Crippen LogP contribution in [0.5, 0.6) is 11.5 Å². The Kier molecular flexibility index (Phi) is 6.73. The van der Waals surface area contributed by atoms with E-state index in [1.807, 2.05) is 36.9 Å². The first-order valence-electron chi connectivity index (χ1n) is 8.42. The van der Waals surface area contributed by atoms with Crippen LogP contribution in [0.1, 0.15) is 25.8 Å². The molecule has 1 N–H and O–H groups in total. The van der Waals surface area contributed by atoms with E-state index in [9.17, 15) is 4.79 Å². The lowest BCUT2D eigenvalue weighted by atomic mass is 10.1. The van der Waals surface area contributed by atoms with Crippen molar-refractivity contribution in [2.75, 3.05) is 33.9 Å². The van der Waals surface area contributed by atoms with E-state index < -0.39 is 0 Å². The van der Waals surface area contributed by atoms with Crippen molar-refractivity contribution in [3.8, 4) is 11.5 Å². The molecular weight excluding hydrogens is 308 g/mol. The van der Waals surface area contributed by atoms with E-state index >= 15 is 0 Å². The van der Waals surface area contributed by atoms with E-state index in [1.54, 1.807) is 14.2 Å². The van der Waals surface area contributed by atoms with Crippen LogP contribution in [0, 0.1) is 0 Å².